The Morgan fingerprint density at radius 3 is 2.23 bits per heavy atom. The van der Waals surface area contributed by atoms with Gasteiger partial charge in [-0.3, -0.25) is 0 Å². The quantitative estimate of drug-likeness (QED) is 0.474. The second kappa shape index (κ2) is 9.88. The van der Waals surface area contributed by atoms with Gasteiger partial charge in [0.2, 0.25) is 10.0 Å². The van der Waals surface area contributed by atoms with E-state index in [0.717, 1.165) is 43.4 Å². The smallest absolute Gasteiger partial charge is 0.214 e. The van der Waals surface area contributed by atoms with Gasteiger partial charge in [-0.2, -0.15) is 0 Å². The van der Waals surface area contributed by atoms with Crippen molar-refractivity contribution in [1.82, 2.24) is 4.31 Å². The number of anilines is 1. The van der Waals surface area contributed by atoms with Gasteiger partial charge >= 0.3 is 0 Å². The summed E-state index contributed by atoms with van der Waals surface area (Å²) in [5.41, 5.74) is 2.03. The lowest BCUT2D eigenvalue weighted by molar-refractivity contribution is 0.334. The lowest BCUT2D eigenvalue weighted by Crippen LogP contribution is -2.44. The van der Waals surface area contributed by atoms with E-state index in [0.29, 0.717) is 34.7 Å². The summed E-state index contributed by atoms with van der Waals surface area (Å²) in [6, 6.07) is 13.4. The van der Waals surface area contributed by atoms with E-state index in [-0.39, 0.29) is 17.7 Å². The van der Waals surface area contributed by atoms with Crippen LogP contribution in [0.4, 0.5) is 5.69 Å². The maximum atomic E-state index is 13.0. The van der Waals surface area contributed by atoms with Gasteiger partial charge in [0, 0.05) is 40.4 Å². The zero-order valence-electron chi connectivity index (χ0n) is 17.3. The number of rotatable bonds is 5. The lowest BCUT2D eigenvalue weighted by atomic mass is 9.89. The molecule has 2 fully saturated rings. The molecule has 31 heavy (non-hydrogen) atoms. The zero-order chi connectivity index (χ0) is 22.0. The number of benzene rings is 2. The third kappa shape index (κ3) is 5.51. The SMILES string of the molecule is O=S(=O)(C[C@H]1CC[C@H](c2ccc(Cl)cc2Cl)N(c2ccc(Cl)cc2)C1)N1CCCCC1. The molecule has 0 unspecified atom stereocenters. The Balaban J connectivity index is 1.59. The summed E-state index contributed by atoms with van der Waals surface area (Å²) in [4.78, 5) is 2.27. The molecular weight excluding hydrogens is 475 g/mol. The molecule has 0 spiro atoms. The predicted molar refractivity (Wildman–Crippen MR) is 130 cm³/mol. The summed E-state index contributed by atoms with van der Waals surface area (Å²) in [5, 5.41) is 1.91. The maximum Gasteiger partial charge on any atom is 0.214 e. The molecule has 2 saturated heterocycles. The van der Waals surface area contributed by atoms with Gasteiger partial charge in [-0.15, -0.1) is 0 Å². The highest BCUT2D eigenvalue weighted by atomic mass is 35.5. The van der Waals surface area contributed by atoms with Gasteiger partial charge in [0.1, 0.15) is 0 Å². The molecule has 2 aromatic carbocycles. The highest BCUT2D eigenvalue weighted by Gasteiger charge is 2.35. The van der Waals surface area contributed by atoms with Crippen molar-refractivity contribution in [1.29, 1.82) is 0 Å². The number of nitrogens with zero attached hydrogens (tertiary/aromatic N) is 2. The molecule has 0 radical (unpaired) electrons. The van der Waals surface area contributed by atoms with Crippen molar-refractivity contribution in [3.8, 4) is 0 Å². The van der Waals surface area contributed by atoms with Crippen molar-refractivity contribution in [3.05, 3.63) is 63.1 Å². The Bertz CT molecular complexity index is 1010. The molecular formula is C23H27Cl3N2O2S. The Labute approximate surface area is 200 Å². The molecule has 4 rings (SSSR count). The zero-order valence-corrected chi connectivity index (χ0v) is 20.4. The minimum absolute atomic E-state index is 0.0554. The molecule has 0 aliphatic carbocycles. The van der Waals surface area contributed by atoms with Crippen LogP contribution in [0, 0.1) is 5.92 Å². The van der Waals surface area contributed by atoms with Crippen LogP contribution in [0.1, 0.15) is 43.7 Å². The first kappa shape index (κ1) is 23.2. The average molecular weight is 502 g/mol. The molecule has 8 heteroatoms. The summed E-state index contributed by atoms with van der Waals surface area (Å²) < 4.78 is 27.8. The molecule has 0 amide bonds. The van der Waals surface area contributed by atoms with E-state index in [1.54, 1.807) is 10.4 Å². The van der Waals surface area contributed by atoms with Crippen LogP contribution in [-0.2, 0) is 10.0 Å². The fraction of sp³-hybridized carbons (Fsp3) is 0.478. The van der Waals surface area contributed by atoms with Crippen LogP contribution in [0.5, 0.6) is 0 Å². The van der Waals surface area contributed by atoms with E-state index in [2.05, 4.69) is 4.90 Å². The van der Waals surface area contributed by atoms with Crippen molar-refractivity contribution < 1.29 is 8.42 Å². The van der Waals surface area contributed by atoms with Crippen molar-refractivity contribution in [2.45, 2.75) is 38.1 Å². The van der Waals surface area contributed by atoms with E-state index < -0.39 is 10.0 Å². The number of hydrogen-bond acceptors (Lipinski definition) is 3. The first-order valence-corrected chi connectivity index (χ1v) is 13.5. The van der Waals surface area contributed by atoms with E-state index in [4.69, 9.17) is 34.8 Å². The van der Waals surface area contributed by atoms with Crippen molar-refractivity contribution >= 4 is 50.5 Å². The van der Waals surface area contributed by atoms with Crippen LogP contribution in [0.3, 0.4) is 0 Å². The predicted octanol–water partition coefficient (Wildman–Crippen LogP) is 6.42. The van der Waals surface area contributed by atoms with Gasteiger partial charge in [0.15, 0.2) is 0 Å². The summed E-state index contributed by atoms with van der Waals surface area (Å²) in [5.74, 6) is 0.253. The van der Waals surface area contributed by atoms with Gasteiger partial charge in [-0.05, 0) is 73.6 Å². The highest BCUT2D eigenvalue weighted by molar-refractivity contribution is 7.89. The minimum Gasteiger partial charge on any atom is -0.364 e. The monoisotopic (exact) mass is 500 g/mol. The van der Waals surface area contributed by atoms with Crippen LogP contribution in [0.15, 0.2) is 42.5 Å². The second-order valence-electron chi connectivity index (χ2n) is 8.49. The number of sulfonamides is 1. The largest absolute Gasteiger partial charge is 0.364 e. The first-order valence-electron chi connectivity index (χ1n) is 10.8. The van der Waals surface area contributed by atoms with Gasteiger partial charge in [-0.1, -0.05) is 47.3 Å². The van der Waals surface area contributed by atoms with Crippen LogP contribution in [-0.4, -0.2) is 38.1 Å². The van der Waals surface area contributed by atoms with Crippen molar-refractivity contribution in [2.24, 2.45) is 5.92 Å². The summed E-state index contributed by atoms with van der Waals surface area (Å²) in [6.07, 6.45) is 4.68. The molecule has 168 valence electrons. The van der Waals surface area contributed by atoms with Crippen LogP contribution in [0.25, 0.3) is 0 Å². The van der Waals surface area contributed by atoms with Crippen LogP contribution >= 0.6 is 34.8 Å². The molecule has 2 aliphatic heterocycles. The highest BCUT2D eigenvalue weighted by Crippen LogP contribution is 2.41. The molecule has 2 aromatic rings. The fourth-order valence-corrected chi connectivity index (χ4v) is 7.30. The molecule has 4 nitrogen and oxygen atoms in total. The molecule has 2 aliphatic rings. The van der Waals surface area contributed by atoms with Crippen molar-refractivity contribution in [2.75, 3.05) is 30.3 Å². The summed E-state index contributed by atoms with van der Waals surface area (Å²) >= 11 is 18.8. The Kier molecular flexibility index (Phi) is 7.39. The third-order valence-electron chi connectivity index (χ3n) is 6.31. The molecule has 0 aromatic heterocycles. The van der Waals surface area contributed by atoms with E-state index in [1.807, 2.05) is 36.4 Å². The van der Waals surface area contributed by atoms with Gasteiger partial charge in [0.05, 0.1) is 11.8 Å². The maximum absolute atomic E-state index is 13.0. The Morgan fingerprint density at radius 2 is 1.55 bits per heavy atom. The molecule has 0 bridgehead atoms. The second-order valence-corrected chi connectivity index (χ2v) is 11.8. The topological polar surface area (TPSA) is 40.6 Å². The molecule has 2 atom stereocenters. The lowest BCUT2D eigenvalue weighted by Gasteiger charge is -2.42. The van der Waals surface area contributed by atoms with Crippen LogP contribution in [0.2, 0.25) is 15.1 Å². The van der Waals surface area contributed by atoms with E-state index in [1.165, 1.54) is 0 Å². The van der Waals surface area contributed by atoms with Gasteiger partial charge < -0.3 is 4.90 Å². The Hall–Kier alpha value is -0.980. The van der Waals surface area contributed by atoms with Crippen molar-refractivity contribution in [3.63, 3.8) is 0 Å². The first-order chi connectivity index (χ1) is 14.8. The molecule has 0 N–H and O–H groups in total. The third-order valence-corrected chi connectivity index (χ3v) is 9.17. The van der Waals surface area contributed by atoms with E-state index >= 15 is 0 Å². The molecule has 2 heterocycles. The summed E-state index contributed by atoms with van der Waals surface area (Å²) in [7, 11) is -3.25. The standard InChI is InChI=1S/C23H27Cl3N2O2S/c24-18-5-8-20(9-6-18)28-15-17(16-31(29,30)27-12-2-1-3-13-27)4-11-23(28)21-10-7-19(25)14-22(21)26/h5-10,14,17,23H,1-4,11-13,15-16H2/t17-,23+/m0/s1. The molecule has 0 saturated carbocycles. The minimum atomic E-state index is -3.25. The number of halogens is 3. The summed E-state index contributed by atoms with van der Waals surface area (Å²) in [6.45, 7) is 1.95. The van der Waals surface area contributed by atoms with Gasteiger partial charge in [-0.25, -0.2) is 12.7 Å². The fourth-order valence-electron chi connectivity index (χ4n) is 4.74. The average Bonchev–Trinajstić information content (AvgIpc) is 2.75. The normalized spacial score (nSPS) is 23.1. The van der Waals surface area contributed by atoms with Crippen LogP contribution < -0.4 is 4.90 Å². The number of piperidine rings is 2. The number of hydrogen-bond donors (Lipinski definition) is 0. The van der Waals surface area contributed by atoms with E-state index in [9.17, 15) is 8.42 Å². The Morgan fingerprint density at radius 1 is 0.871 bits per heavy atom. The van der Waals surface area contributed by atoms with Gasteiger partial charge in [0.25, 0.3) is 0 Å².